The Labute approximate surface area is 182 Å². The fourth-order valence-electron chi connectivity index (χ4n) is 3.53. The first kappa shape index (κ1) is 21.3. The van der Waals surface area contributed by atoms with Crippen molar-refractivity contribution in [1.82, 2.24) is 13.9 Å². The Morgan fingerprint density at radius 3 is 2.55 bits per heavy atom. The zero-order chi connectivity index (χ0) is 22.2. The van der Waals surface area contributed by atoms with Gasteiger partial charge in [-0.15, -0.1) is 0 Å². The zero-order valence-electron chi connectivity index (χ0n) is 16.3. The minimum Gasteiger partial charge on any atom is -0.324 e. The fourth-order valence-corrected chi connectivity index (χ4v) is 5.55. The Morgan fingerprint density at radius 2 is 1.81 bits per heavy atom. The number of hydrogen-bond acceptors (Lipinski definition) is 5. The number of carbonyl (C=O) groups is 1. The van der Waals surface area contributed by atoms with Crippen molar-refractivity contribution in [3.8, 4) is 0 Å². The molecule has 9 nitrogen and oxygen atoms in total. The molecule has 0 bridgehead atoms. The first-order valence-electron chi connectivity index (χ1n) is 9.59. The molecule has 1 saturated heterocycles. The molecular weight excluding hydrogens is 444 g/mol. The number of hydrogen-bond donors (Lipinski definition) is 2. The summed E-state index contributed by atoms with van der Waals surface area (Å²) in [6.45, 7) is 0.307. The molecule has 0 aliphatic carbocycles. The van der Waals surface area contributed by atoms with Gasteiger partial charge in [0.2, 0.25) is 15.9 Å². The van der Waals surface area contributed by atoms with E-state index in [9.17, 15) is 22.8 Å². The number of nitrogens with zero attached hydrogens (tertiary/aromatic N) is 2. The summed E-state index contributed by atoms with van der Waals surface area (Å²) in [6.07, 6.45) is 1.56. The molecule has 0 atom stereocenters. The number of amides is 1. The summed E-state index contributed by atoms with van der Waals surface area (Å²) in [6, 6.07) is 10.6. The van der Waals surface area contributed by atoms with Crippen LogP contribution in [-0.2, 0) is 21.4 Å². The maximum Gasteiger partial charge on any atom is 0.329 e. The van der Waals surface area contributed by atoms with Gasteiger partial charge in [0, 0.05) is 18.8 Å². The second-order valence-electron chi connectivity index (χ2n) is 7.17. The minimum atomic E-state index is -3.78. The van der Waals surface area contributed by atoms with Crippen molar-refractivity contribution in [2.45, 2.75) is 24.3 Å². The number of para-hydroxylation sites is 1. The van der Waals surface area contributed by atoms with Crippen molar-refractivity contribution in [3.63, 3.8) is 0 Å². The molecule has 0 saturated carbocycles. The number of halogens is 1. The van der Waals surface area contributed by atoms with Gasteiger partial charge < -0.3 is 10.3 Å². The SMILES string of the molecule is O=C(Cn1c(=O)[nH]c2ccccc2c1=O)Nc1ccc(Cl)c(S(=O)(=O)N2CCCC2)c1. The lowest BCUT2D eigenvalue weighted by atomic mass is 10.2. The van der Waals surface area contributed by atoms with E-state index in [4.69, 9.17) is 11.6 Å². The first-order valence-corrected chi connectivity index (χ1v) is 11.4. The summed E-state index contributed by atoms with van der Waals surface area (Å²) in [5.74, 6) is -0.658. The molecule has 1 amide bonds. The summed E-state index contributed by atoms with van der Waals surface area (Å²) >= 11 is 6.11. The van der Waals surface area contributed by atoms with Gasteiger partial charge in [0.15, 0.2) is 0 Å². The molecular formula is C20H19ClN4O5S. The molecule has 2 aromatic carbocycles. The average Bonchev–Trinajstić information content (AvgIpc) is 3.28. The van der Waals surface area contributed by atoms with Gasteiger partial charge in [-0.1, -0.05) is 23.7 Å². The number of fused-ring (bicyclic) bond motifs is 1. The van der Waals surface area contributed by atoms with Crippen LogP contribution in [0.5, 0.6) is 0 Å². The van der Waals surface area contributed by atoms with Crippen molar-refractivity contribution >= 4 is 44.1 Å². The van der Waals surface area contributed by atoms with Crippen molar-refractivity contribution in [2.75, 3.05) is 18.4 Å². The summed E-state index contributed by atoms with van der Waals surface area (Å²) in [4.78, 5) is 39.8. The lowest BCUT2D eigenvalue weighted by molar-refractivity contribution is -0.116. The molecule has 4 rings (SSSR count). The monoisotopic (exact) mass is 462 g/mol. The van der Waals surface area contributed by atoms with Gasteiger partial charge >= 0.3 is 5.69 Å². The molecule has 1 aliphatic rings. The molecule has 0 unspecified atom stereocenters. The Balaban J connectivity index is 1.59. The van der Waals surface area contributed by atoms with Crippen LogP contribution in [0.15, 0.2) is 56.9 Å². The molecule has 0 radical (unpaired) electrons. The smallest absolute Gasteiger partial charge is 0.324 e. The molecule has 1 fully saturated rings. The second-order valence-corrected chi connectivity index (χ2v) is 9.49. The van der Waals surface area contributed by atoms with Crippen LogP contribution in [0.4, 0.5) is 5.69 Å². The van der Waals surface area contributed by atoms with Gasteiger partial charge in [0.1, 0.15) is 11.4 Å². The Morgan fingerprint density at radius 1 is 1.10 bits per heavy atom. The van der Waals surface area contributed by atoms with Crippen molar-refractivity contribution in [3.05, 3.63) is 68.3 Å². The topological polar surface area (TPSA) is 121 Å². The van der Waals surface area contributed by atoms with Gasteiger partial charge in [-0.05, 0) is 43.2 Å². The van der Waals surface area contributed by atoms with Crippen LogP contribution in [0.1, 0.15) is 12.8 Å². The quantitative estimate of drug-likeness (QED) is 0.598. The van der Waals surface area contributed by atoms with Crippen molar-refractivity contribution in [1.29, 1.82) is 0 Å². The van der Waals surface area contributed by atoms with Gasteiger partial charge in [-0.2, -0.15) is 4.31 Å². The van der Waals surface area contributed by atoms with E-state index in [1.807, 2.05) is 0 Å². The van der Waals surface area contributed by atoms with E-state index < -0.39 is 33.7 Å². The van der Waals surface area contributed by atoms with E-state index in [0.717, 1.165) is 17.4 Å². The number of aromatic amines is 1. The van der Waals surface area contributed by atoms with E-state index in [2.05, 4.69) is 10.3 Å². The highest BCUT2D eigenvalue weighted by Crippen LogP contribution is 2.29. The van der Waals surface area contributed by atoms with Crippen molar-refractivity contribution in [2.24, 2.45) is 0 Å². The highest BCUT2D eigenvalue weighted by molar-refractivity contribution is 7.89. The fraction of sp³-hybridized carbons (Fsp3) is 0.250. The van der Waals surface area contributed by atoms with E-state index in [0.29, 0.717) is 18.6 Å². The molecule has 0 spiro atoms. The lowest BCUT2D eigenvalue weighted by Gasteiger charge is -2.17. The number of H-pyrrole nitrogens is 1. The van der Waals surface area contributed by atoms with Crippen LogP contribution < -0.4 is 16.6 Å². The number of sulfonamides is 1. The van der Waals surface area contributed by atoms with Crippen LogP contribution >= 0.6 is 11.6 Å². The van der Waals surface area contributed by atoms with E-state index in [-0.39, 0.29) is 21.0 Å². The molecule has 31 heavy (non-hydrogen) atoms. The Bertz CT molecular complexity index is 1390. The maximum atomic E-state index is 12.8. The number of rotatable bonds is 5. The van der Waals surface area contributed by atoms with E-state index in [1.165, 1.54) is 22.5 Å². The third-order valence-corrected chi connectivity index (χ3v) is 7.47. The first-order chi connectivity index (χ1) is 14.8. The predicted octanol–water partition coefficient (Wildman–Crippen LogP) is 1.77. The highest BCUT2D eigenvalue weighted by Gasteiger charge is 2.29. The largest absolute Gasteiger partial charge is 0.329 e. The van der Waals surface area contributed by atoms with Crippen LogP contribution in [-0.4, -0.2) is 41.3 Å². The Hall–Kier alpha value is -2.95. The van der Waals surface area contributed by atoms with Crippen LogP contribution in [0.2, 0.25) is 5.02 Å². The second kappa shape index (κ2) is 8.29. The number of carbonyl (C=O) groups excluding carboxylic acids is 1. The predicted molar refractivity (Wildman–Crippen MR) is 117 cm³/mol. The zero-order valence-corrected chi connectivity index (χ0v) is 17.9. The molecule has 2 N–H and O–H groups in total. The molecule has 11 heteroatoms. The summed E-state index contributed by atoms with van der Waals surface area (Å²) in [5.41, 5.74) is -0.740. The summed E-state index contributed by atoms with van der Waals surface area (Å²) in [7, 11) is -3.78. The molecule has 1 aromatic heterocycles. The normalized spacial score (nSPS) is 14.7. The number of anilines is 1. The molecule has 162 valence electrons. The van der Waals surface area contributed by atoms with Gasteiger partial charge in [0.05, 0.1) is 15.9 Å². The van der Waals surface area contributed by atoms with Gasteiger partial charge in [-0.3, -0.25) is 14.2 Å². The number of aromatic nitrogens is 2. The summed E-state index contributed by atoms with van der Waals surface area (Å²) in [5, 5.41) is 2.86. The number of benzene rings is 2. The van der Waals surface area contributed by atoms with E-state index >= 15 is 0 Å². The van der Waals surface area contributed by atoms with Gasteiger partial charge in [0.25, 0.3) is 5.56 Å². The van der Waals surface area contributed by atoms with Crippen LogP contribution in [0, 0.1) is 0 Å². The molecule has 2 heterocycles. The third kappa shape index (κ3) is 4.14. The average molecular weight is 463 g/mol. The molecule has 1 aliphatic heterocycles. The van der Waals surface area contributed by atoms with Gasteiger partial charge in [-0.25, -0.2) is 13.2 Å². The lowest BCUT2D eigenvalue weighted by Crippen LogP contribution is -2.38. The Kier molecular flexibility index (Phi) is 5.69. The van der Waals surface area contributed by atoms with Crippen LogP contribution in [0.3, 0.4) is 0 Å². The summed E-state index contributed by atoms with van der Waals surface area (Å²) < 4.78 is 27.8. The van der Waals surface area contributed by atoms with Crippen LogP contribution in [0.25, 0.3) is 10.9 Å². The number of nitrogens with one attached hydrogen (secondary N) is 2. The standard InChI is InChI=1S/C20H19ClN4O5S/c21-15-8-7-13(11-17(15)31(29,30)24-9-3-4-10-24)22-18(26)12-25-19(27)14-5-1-2-6-16(14)23-20(25)28/h1-2,5-8,11H,3-4,9-10,12H2,(H,22,26)(H,23,28). The third-order valence-electron chi connectivity index (χ3n) is 5.09. The molecule has 3 aromatic rings. The highest BCUT2D eigenvalue weighted by atomic mass is 35.5. The minimum absolute atomic E-state index is 0.0482. The van der Waals surface area contributed by atoms with E-state index in [1.54, 1.807) is 24.3 Å². The maximum absolute atomic E-state index is 12.8. The van der Waals surface area contributed by atoms with Crippen molar-refractivity contribution < 1.29 is 13.2 Å².